The van der Waals surface area contributed by atoms with Crippen molar-refractivity contribution >= 4 is 12.1 Å². The molecule has 0 unspecified atom stereocenters. The zero-order valence-corrected chi connectivity index (χ0v) is 15.1. The number of hydrogen-bond acceptors (Lipinski definition) is 4. The van der Waals surface area contributed by atoms with Gasteiger partial charge in [-0.1, -0.05) is 0 Å². The lowest BCUT2D eigenvalue weighted by molar-refractivity contribution is -0.133. The predicted molar refractivity (Wildman–Crippen MR) is 88.3 cm³/mol. The van der Waals surface area contributed by atoms with Gasteiger partial charge >= 0.3 is 12.1 Å². The molecular weight excluding hydrogens is 308 g/mol. The number of rotatable bonds is 3. The quantitative estimate of drug-likeness (QED) is 0.466. The fourth-order valence-corrected chi connectivity index (χ4v) is 5.42. The van der Waals surface area contributed by atoms with Gasteiger partial charge in [0.2, 0.25) is 0 Å². The lowest BCUT2D eigenvalue weighted by atomic mass is 9.49. The predicted octanol–water partition coefficient (Wildman–Crippen LogP) is 4.51. The van der Waals surface area contributed by atoms with Crippen molar-refractivity contribution in [1.82, 2.24) is 0 Å². The number of allylic oxidation sites excluding steroid dienone is 1. The van der Waals surface area contributed by atoms with Crippen molar-refractivity contribution in [2.45, 2.75) is 71.8 Å². The number of carboxylic acids is 1. The van der Waals surface area contributed by atoms with E-state index < -0.39 is 17.7 Å². The van der Waals surface area contributed by atoms with E-state index in [1.165, 1.54) is 19.3 Å². The van der Waals surface area contributed by atoms with Gasteiger partial charge in [-0.05, 0) is 84.0 Å². The van der Waals surface area contributed by atoms with Gasteiger partial charge in [0, 0.05) is 5.41 Å². The van der Waals surface area contributed by atoms with Crippen molar-refractivity contribution in [2.75, 3.05) is 0 Å². The maximum Gasteiger partial charge on any atom is 0.514 e. The fraction of sp³-hybridized carbons (Fsp3) is 0.789. The van der Waals surface area contributed by atoms with Gasteiger partial charge < -0.3 is 14.6 Å². The molecule has 0 heterocycles. The first kappa shape index (κ1) is 17.3. The van der Waals surface area contributed by atoms with Gasteiger partial charge in [-0.3, -0.25) is 0 Å². The largest absolute Gasteiger partial charge is 0.514 e. The molecule has 4 aliphatic carbocycles. The first-order chi connectivity index (χ1) is 11.1. The summed E-state index contributed by atoms with van der Waals surface area (Å²) < 4.78 is 10.8. The molecule has 5 heteroatoms. The van der Waals surface area contributed by atoms with Gasteiger partial charge in [-0.25, -0.2) is 9.59 Å². The zero-order valence-electron chi connectivity index (χ0n) is 15.1. The van der Waals surface area contributed by atoms with E-state index in [9.17, 15) is 14.7 Å². The van der Waals surface area contributed by atoms with Crippen molar-refractivity contribution in [3.05, 3.63) is 11.3 Å². The molecule has 4 saturated carbocycles. The van der Waals surface area contributed by atoms with E-state index >= 15 is 0 Å². The normalized spacial score (nSPS) is 35.4. The summed E-state index contributed by atoms with van der Waals surface area (Å²) in [4.78, 5) is 23.8. The molecule has 4 aliphatic rings. The van der Waals surface area contributed by atoms with Crippen LogP contribution in [-0.2, 0) is 14.3 Å². The van der Waals surface area contributed by atoms with E-state index in [4.69, 9.17) is 9.47 Å². The van der Waals surface area contributed by atoms with Crippen LogP contribution in [0.2, 0.25) is 0 Å². The highest BCUT2D eigenvalue weighted by Gasteiger charge is 2.54. The maximum absolute atomic E-state index is 12.2. The summed E-state index contributed by atoms with van der Waals surface area (Å²) in [6.07, 6.45) is 5.72. The lowest BCUT2D eigenvalue weighted by Crippen LogP contribution is -2.48. The standard InChI is InChI=1S/C19H28O5/c1-11(16(20)21)15(23-17(22)24-18(2,3)4)19-8-12-5-13(9-19)7-14(6-12)10-19/h12-14H,5-10H2,1-4H3,(H,20,21). The van der Waals surface area contributed by atoms with E-state index in [-0.39, 0.29) is 11.0 Å². The topological polar surface area (TPSA) is 72.8 Å². The molecule has 0 aromatic carbocycles. The van der Waals surface area contributed by atoms with Gasteiger partial charge in [0.05, 0.1) is 5.57 Å². The van der Waals surface area contributed by atoms with E-state index in [1.54, 1.807) is 27.7 Å². The molecule has 24 heavy (non-hydrogen) atoms. The zero-order chi connectivity index (χ0) is 17.7. The van der Waals surface area contributed by atoms with Crippen molar-refractivity contribution in [2.24, 2.45) is 23.2 Å². The molecule has 4 rings (SSSR count). The molecule has 134 valence electrons. The molecule has 4 bridgehead atoms. The van der Waals surface area contributed by atoms with Crippen LogP contribution in [0.25, 0.3) is 0 Å². The van der Waals surface area contributed by atoms with Gasteiger partial charge in [0.1, 0.15) is 11.4 Å². The molecule has 0 aliphatic heterocycles. The van der Waals surface area contributed by atoms with Crippen LogP contribution < -0.4 is 0 Å². The van der Waals surface area contributed by atoms with Gasteiger partial charge in [-0.2, -0.15) is 0 Å². The molecule has 0 saturated heterocycles. The average Bonchev–Trinajstić information content (AvgIpc) is 2.40. The van der Waals surface area contributed by atoms with Crippen LogP contribution in [0, 0.1) is 23.2 Å². The van der Waals surface area contributed by atoms with Gasteiger partial charge in [0.25, 0.3) is 0 Å². The first-order valence-electron chi connectivity index (χ1n) is 8.93. The highest BCUT2D eigenvalue weighted by atomic mass is 16.7. The SMILES string of the molecule is CC(C(=O)O)=C(OC(=O)OC(C)(C)C)C12CC3CC(CC(C3)C1)C2. The molecule has 4 fully saturated rings. The Morgan fingerprint density at radius 1 is 1.00 bits per heavy atom. The molecule has 1 N–H and O–H groups in total. The highest BCUT2D eigenvalue weighted by Crippen LogP contribution is 2.63. The Kier molecular flexibility index (Phi) is 4.17. The monoisotopic (exact) mass is 336 g/mol. The third-order valence-corrected chi connectivity index (χ3v) is 5.76. The lowest BCUT2D eigenvalue weighted by Gasteiger charge is -2.56. The summed E-state index contributed by atoms with van der Waals surface area (Å²) in [5.74, 6) is 1.23. The highest BCUT2D eigenvalue weighted by molar-refractivity contribution is 5.87. The summed E-state index contributed by atoms with van der Waals surface area (Å²) in [6.45, 7) is 6.85. The van der Waals surface area contributed by atoms with Crippen molar-refractivity contribution in [3.8, 4) is 0 Å². The first-order valence-corrected chi connectivity index (χ1v) is 8.93. The van der Waals surface area contributed by atoms with Crippen LogP contribution in [0.3, 0.4) is 0 Å². The summed E-state index contributed by atoms with van der Waals surface area (Å²) in [5.41, 5.74) is -0.822. The minimum atomic E-state index is -1.02. The third-order valence-electron chi connectivity index (χ3n) is 5.76. The van der Waals surface area contributed by atoms with Crippen molar-refractivity contribution in [1.29, 1.82) is 0 Å². The van der Waals surface area contributed by atoms with Crippen LogP contribution in [0.4, 0.5) is 4.79 Å². The Balaban J connectivity index is 1.90. The number of carbonyl (C=O) groups is 2. The minimum Gasteiger partial charge on any atom is -0.478 e. The second kappa shape index (κ2) is 5.78. The maximum atomic E-state index is 12.2. The number of carbonyl (C=O) groups excluding carboxylic acids is 1. The van der Waals surface area contributed by atoms with Crippen LogP contribution in [-0.4, -0.2) is 22.8 Å². The van der Waals surface area contributed by atoms with Crippen LogP contribution in [0.15, 0.2) is 11.3 Å². The molecule has 5 nitrogen and oxygen atoms in total. The molecule has 0 atom stereocenters. The summed E-state index contributed by atoms with van der Waals surface area (Å²) in [7, 11) is 0. The van der Waals surface area contributed by atoms with E-state index in [0.29, 0.717) is 23.5 Å². The Morgan fingerprint density at radius 2 is 1.46 bits per heavy atom. The number of hydrogen-bond donors (Lipinski definition) is 1. The molecule has 0 aromatic rings. The molecule has 0 spiro atoms. The van der Waals surface area contributed by atoms with Gasteiger partial charge in [-0.15, -0.1) is 0 Å². The number of ether oxygens (including phenoxy) is 2. The second-order valence-electron chi connectivity index (χ2n) is 9.02. The van der Waals surface area contributed by atoms with Crippen LogP contribution in [0.5, 0.6) is 0 Å². The van der Waals surface area contributed by atoms with Crippen LogP contribution in [0.1, 0.15) is 66.2 Å². The smallest absolute Gasteiger partial charge is 0.478 e. The molecule has 0 aromatic heterocycles. The fourth-order valence-electron chi connectivity index (χ4n) is 5.42. The van der Waals surface area contributed by atoms with Gasteiger partial charge in [0.15, 0.2) is 0 Å². The Morgan fingerprint density at radius 3 is 1.83 bits per heavy atom. The molecular formula is C19H28O5. The number of aliphatic carboxylic acids is 1. The van der Waals surface area contributed by atoms with Crippen LogP contribution >= 0.6 is 0 Å². The minimum absolute atomic E-state index is 0.141. The molecule has 0 amide bonds. The van der Waals surface area contributed by atoms with Crippen molar-refractivity contribution < 1.29 is 24.2 Å². The van der Waals surface area contributed by atoms with E-state index in [2.05, 4.69) is 0 Å². The van der Waals surface area contributed by atoms with E-state index in [1.807, 2.05) is 0 Å². The van der Waals surface area contributed by atoms with Crippen molar-refractivity contribution in [3.63, 3.8) is 0 Å². The second-order valence-corrected chi connectivity index (χ2v) is 9.02. The Labute approximate surface area is 143 Å². The molecule has 0 radical (unpaired) electrons. The summed E-state index contributed by atoms with van der Waals surface area (Å²) >= 11 is 0. The van der Waals surface area contributed by atoms with E-state index in [0.717, 1.165) is 19.3 Å². The number of carboxylic acid groups (broad SMARTS) is 1. The summed E-state index contributed by atoms with van der Waals surface area (Å²) in [6, 6.07) is 0. The Bertz CT molecular complexity index is 546. The third kappa shape index (κ3) is 3.31. The summed E-state index contributed by atoms with van der Waals surface area (Å²) in [5, 5.41) is 9.51. The Hall–Kier alpha value is -1.52. The average molecular weight is 336 g/mol.